The minimum Gasteiger partial charge on any atom is -0.322 e. The maximum absolute atomic E-state index is 13.2. The summed E-state index contributed by atoms with van der Waals surface area (Å²) in [5.41, 5.74) is 2.80. The molecule has 0 bridgehead atoms. The highest BCUT2D eigenvalue weighted by Gasteiger charge is 2.11. The van der Waals surface area contributed by atoms with Crippen LogP contribution in [0, 0.1) is 12.7 Å². The van der Waals surface area contributed by atoms with E-state index in [1.165, 1.54) is 12.1 Å². The van der Waals surface area contributed by atoms with E-state index >= 15 is 0 Å². The van der Waals surface area contributed by atoms with Gasteiger partial charge in [0.1, 0.15) is 5.82 Å². The average Bonchev–Trinajstić information content (AvgIpc) is 2.42. The van der Waals surface area contributed by atoms with Crippen LogP contribution in [0.5, 0.6) is 0 Å². The predicted molar refractivity (Wildman–Crippen MR) is 78.2 cm³/mol. The average molecular weight is 322 g/mol. The first-order valence-electron chi connectivity index (χ1n) is 5.83. The summed E-state index contributed by atoms with van der Waals surface area (Å²) in [6, 6.07) is 11.7. The molecule has 0 unspecified atom stereocenters. The normalized spacial score (nSPS) is 10.3. The van der Waals surface area contributed by atoms with Crippen LogP contribution in [0.1, 0.15) is 21.5 Å². The van der Waals surface area contributed by atoms with E-state index in [0.29, 0.717) is 10.9 Å². The lowest BCUT2D eigenvalue weighted by Gasteiger charge is -2.10. The molecule has 0 atom stereocenters. The maximum atomic E-state index is 13.2. The summed E-state index contributed by atoms with van der Waals surface area (Å²) >= 11 is 3.37. The number of hydrogen-bond acceptors (Lipinski definition) is 1. The Kier molecular flexibility index (Phi) is 4.32. The fourth-order valence-corrected chi connectivity index (χ4v) is 2.28. The molecule has 0 saturated carbocycles. The van der Waals surface area contributed by atoms with E-state index < -0.39 is 5.82 Å². The third-order valence-corrected chi connectivity index (χ3v) is 3.46. The molecule has 0 radical (unpaired) electrons. The zero-order chi connectivity index (χ0) is 13.8. The summed E-state index contributed by atoms with van der Waals surface area (Å²) in [4.78, 5) is 12.2. The number of carbonyl (C=O) groups is 1. The van der Waals surface area contributed by atoms with Gasteiger partial charge in [-0.15, -0.1) is 0 Å². The van der Waals surface area contributed by atoms with Crippen LogP contribution in [-0.4, -0.2) is 5.91 Å². The van der Waals surface area contributed by atoms with Crippen molar-refractivity contribution >= 4 is 27.5 Å². The zero-order valence-corrected chi connectivity index (χ0v) is 12.0. The van der Waals surface area contributed by atoms with Gasteiger partial charge in [0, 0.05) is 16.6 Å². The topological polar surface area (TPSA) is 29.1 Å². The summed E-state index contributed by atoms with van der Waals surface area (Å²) in [5.74, 6) is -0.713. The molecule has 1 N–H and O–H groups in total. The fourth-order valence-electron chi connectivity index (χ4n) is 1.79. The Hall–Kier alpha value is -1.68. The molecule has 0 aromatic heterocycles. The molecule has 0 aliphatic rings. The van der Waals surface area contributed by atoms with Gasteiger partial charge in [-0.2, -0.15) is 0 Å². The largest absolute Gasteiger partial charge is 0.322 e. The molecule has 0 aliphatic heterocycles. The van der Waals surface area contributed by atoms with Gasteiger partial charge in [-0.05, 0) is 36.2 Å². The van der Waals surface area contributed by atoms with Crippen molar-refractivity contribution in [1.29, 1.82) is 0 Å². The van der Waals surface area contributed by atoms with E-state index in [-0.39, 0.29) is 5.91 Å². The number of halogens is 2. The van der Waals surface area contributed by atoms with Gasteiger partial charge in [-0.1, -0.05) is 40.2 Å². The molecular formula is C15H13BrFNO. The Morgan fingerprint density at radius 2 is 2.00 bits per heavy atom. The Bertz CT molecular complexity index is 613. The molecule has 0 aliphatic carbocycles. The van der Waals surface area contributed by atoms with Crippen molar-refractivity contribution in [2.45, 2.75) is 12.3 Å². The second-order valence-corrected chi connectivity index (χ2v) is 4.76. The van der Waals surface area contributed by atoms with E-state index in [4.69, 9.17) is 0 Å². The molecule has 2 nitrogen and oxygen atoms in total. The van der Waals surface area contributed by atoms with Gasteiger partial charge in [-0.25, -0.2) is 4.39 Å². The SMILES string of the molecule is Cc1ccc(F)cc1C(=O)Nc1ccccc1CBr. The van der Waals surface area contributed by atoms with Gasteiger partial charge in [0.15, 0.2) is 0 Å². The van der Waals surface area contributed by atoms with E-state index in [2.05, 4.69) is 21.2 Å². The summed E-state index contributed by atoms with van der Waals surface area (Å²) in [6.45, 7) is 1.78. The zero-order valence-electron chi connectivity index (χ0n) is 10.4. The lowest BCUT2D eigenvalue weighted by molar-refractivity contribution is 0.102. The van der Waals surface area contributed by atoms with Gasteiger partial charge >= 0.3 is 0 Å². The Labute approximate surface area is 119 Å². The van der Waals surface area contributed by atoms with Crippen LogP contribution in [0.15, 0.2) is 42.5 Å². The van der Waals surface area contributed by atoms with Crippen molar-refractivity contribution in [2.75, 3.05) is 5.32 Å². The second-order valence-electron chi connectivity index (χ2n) is 4.20. The summed E-state index contributed by atoms with van der Waals surface area (Å²) in [6.07, 6.45) is 0. The minimum absolute atomic E-state index is 0.301. The number of alkyl halides is 1. The second kappa shape index (κ2) is 5.97. The summed E-state index contributed by atoms with van der Waals surface area (Å²) in [5, 5.41) is 3.45. The molecule has 2 rings (SSSR count). The van der Waals surface area contributed by atoms with Gasteiger partial charge in [-0.3, -0.25) is 4.79 Å². The third kappa shape index (κ3) is 3.20. The molecule has 98 valence electrons. The van der Waals surface area contributed by atoms with Crippen molar-refractivity contribution in [2.24, 2.45) is 0 Å². The lowest BCUT2D eigenvalue weighted by atomic mass is 10.1. The van der Waals surface area contributed by atoms with Crippen LogP contribution in [-0.2, 0) is 5.33 Å². The molecule has 4 heteroatoms. The van der Waals surface area contributed by atoms with Gasteiger partial charge in [0.05, 0.1) is 0 Å². The molecule has 19 heavy (non-hydrogen) atoms. The van der Waals surface area contributed by atoms with Crippen molar-refractivity contribution in [3.8, 4) is 0 Å². The predicted octanol–water partition coefficient (Wildman–Crippen LogP) is 4.28. The molecule has 0 heterocycles. The van der Waals surface area contributed by atoms with Crippen molar-refractivity contribution in [3.05, 3.63) is 65.0 Å². The number of rotatable bonds is 3. The smallest absolute Gasteiger partial charge is 0.256 e. The van der Waals surface area contributed by atoms with Crippen molar-refractivity contribution in [3.63, 3.8) is 0 Å². The Morgan fingerprint density at radius 3 is 2.74 bits per heavy atom. The Morgan fingerprint density at radius 1 is 1.26 bits per heavy atom. The monoisotopic (exact) mass is 321 g/mol. The number of amides is 1. The van der Waals surface area contributed by atoms with Crippen LogP contribution in [0.3, 0.4) is 0 Å². The Balaban J connectivity index is 2.28. The molecule has 0 saturated heterocycles. The van der Waals surface area contributed by atoms with Gasteiger partial charge in [0.25, 0.3) is 5.91 Å². The molecule has 1 amide bonds. The molecule has 0 spiro atoms. The molecule has 2 aromatic carbocycles. The van der Waals surface area contributed by atoms with Crippen LogP contribution in [0.2, 0.25) is 0 Å². The fraction of sp³-hybridized carbons (Fsp3) is 0.133. The first kappa shape index (κ1) is 13.7. The number of anilines is 1. The summed E-state index contributed by atoms with van der Waals surface area (Å²) < 4.78 is 13.2. The van der Waals surface area contributed by atoms with E-state index in [9.17, 15) is 9.18 Å². The highest BCUT2D eigenvalue weighted by molar-refractivity contribution is 9.08. The first-order valence-corrected chi connectivity index (χ1v) is 6.95. The molecular weight excluding hydrogens is 309 g/mol. The number of hydrogen-bond donors (Lipinski definition) is 1. The number of aryl methyl sites for hydroxylation is 1. The highest BCUT2D eigenvalue weighted by atomic mass is 79.9. The first-order chi connectivity index (χ1) is 9.11. The van der Waals surface area contributed by atoms with Crippen molar-refractivity contribution < 1.29 is 9.18 Å². The standard InChI is InChI=1S/C15H13BrFNO/c1-10-6-7-12(17)8-13(10)15(19)18-14-5-3-2-4-11(14)9-16/h2-8H,9H2,1H3,(H,18,19). The summed E-state index contributed by atoms with van der Waals surface area (Å²) in [7, 11) is 0. The maximum Gasteiger partial charge on any atom is 0.256 e. The number of para-hydroxylation sites is 1. The number of carbonyl (C=O) groups excluding carboxylic acids is 1. The third-order valence-electron chi connectivity index (χ3n) is 2.85. The number of benzene rings is 2. The van der Waals surface area contributed by atoms with Crippen LogP contribution >= 0.6 is 15.9 Å². The molecule has 0 fully saturated rings. The van der Waals surface area contributed by atoms with Crippen LogP contribution in [0.25, 0.3) is 0 Å². The number of nitrogens with one attached hydrogen (secondary N) is 1. The van der Waals surface area contributed by atoms with Gasteiger partial charge in [0.2, 0.25) is 0 Å². The van der Waals surface area contributed by atoms with Crippen LogP contribution in [0.4, 0.5) is 10.1 Å². The minimum atomic E-state index is -0.412. The van der Waals surface area contributed by atoms with Crippen molar-refractivity contribution in [1.82, 2.24) is 0 Å². The van der Waals surface area contributed by atoms with E-state index in [1.807, 2.05) is 24.3 Å². The van der Waals surface area contributed by atoms with E-state index in [1.54, 1.807) is 13.0 Å². The highest BCUT2D eigenvalue weighted by Crippen LogP contribution is 2.20. The van der Waals surface area contributed by atoms with E-state index in [0.717, 1.165) is 16.8 Å². The molecule has 2 aromatic rings. The van der Waals surface area contributed by atoms with Gasteiger partial charge < -0.3 is 5.32 Å². The quantitative estimate of drug-likeness (QED) is 0.840. The lowest BCUT2D eigenvalue weighted by Crippen LogP contribution is -2.14. The van der Waals surface area contributed by atoms with Crippen LogP contribution < -0.4 is 5.32 Å².